The fraction of sp³-hybridized carbons (Fsp3) is 0.200. The van der Waals surface area contributed by atoms with Crippen LogP contribution < -0.4 is 20.1 Å². The number of methoxy groups -OCH3 is 2. The summed E-state index contributed by atoms with van der Waals surface area (Å²) in [4.78, 5) is 9.00. The molecule has 2 N–H and O–H groups in total. The molecule has 27 heavy (non-hydrogen) atoms. The van der Waals surface area contributed by atoms with Crippen LogP contribution in [0.25, 0.3) is 0 Å². The molecule has 0 amide bonds. The second-order valence-electron chi connectivity index (χ2n) is 5.99. The number of aryl methyl sites for hydroxylation is 2. The normalized spacial score (nSPS) is 10.4. The lowest BCUT2D eigenvalue weighted by Gasteiger charge is -2.14. The topological polar surface area (TPSA) is 68.3 Å². The Balaban J connectivity index is 1.89. The van der Waals surface area contributed by atoms with Crippen LogP contribution in [0.3, 0.4) is 0 Å². The zero-order valence-electron chi connectivity index (χ0n) is 15.6. The van der Waals surface area contributed by atoms with Crippen LogP contribution in [0.4, 0.5) is 23.1 Å². The summed E-state index contributed by atoms with van der Waals surface area (Å²) in [5, 5.41) is 7.15. The highest BCUT2D eigenvalue weighted by Gasteiger charge is 2.09. The van der Waals surface area contributed by atoms with Gasteiger partial charge in [0.05, 0.1) is 19.9 Å². The van der Waals surface area contributed by atoms with Crippen molar-refractivity contribution in [3.05, 3.63) is 58.7 Å². The van der Waals surface area contributed by atoms with Gasteiger partial charge in [-0.2, -0.15) is 4.98 Å². The van der Waals surface area contributed by atoms with Crippen LogP contribution >= 0.6 is 11.6 Å². The molecule has 0 aliphatic heterocycles. The van der Waals surface area contributed by atoms with Gasteiger partial charge in [0.25, 0.3) is 0 Å². The van der Waals surface area contributed by atoms with E-state index in [1.54, 1.807) is 14.2 Å². The standard InChI is InChI=1S/C20H21ClN4O2/c1-12-5-6-14(21)10-17(12)24-20-22-13(2)9-19(25-20)23-16-8-7-15(26-3)11-18(16)27-4/h5-11H,1-4H3,(H2,22,23,24,25). The highest BCUT2D eigenvalue weighted by molar-refractivity contribution is 6.30. The first-order valence-corrected chi connectivity index (χ1v) is 8.74. The minimum absolute atomic E-state index is 0.482. The van der Waals surface area contributed by atoms with Crippen molar-refractivity contribution in [1.82, 2.24) is 9.97 Å². The third kappa shape index (κ3) is 4.60. The molecule has 0 unspecified atom stereocenters. The minimum Gasteiger partial charge on any atom is -0.497 e. The Morgan fingerprint density at radius 1 is 0.852 bits per heavy atom. The fourth-order valence-electron chi connectivity index (χ4n) is 2.58. The number of halogens is 1. The van der Waals surface area contributed by atoms with E-state index in [1.165, 1.54) is 0 Å². The molecule has 3 aromatic rings. The summed E-state index contributed by atoms with van der Waals surface area (Å²) < 4.78 is 10.7. The number of hydrogen-bond acceptors (Lipinski definition) is 6. The first-order valence-electron chi connectivity index (χ1n) is 8.36. The largest absolute Gasteiger partial charge is 0.497 e. The van der Waals surface area contributed by atoms with Crippen LogP contribution in [-0.4, -0.2) is 24.2 Å². The lowest BCUT2D eigenvalue weighted by atomic mass is 10.2. The molecule has 0 atom stereocenters. The van der Waals surface area contributed by atoms with Gasteiger partial charge in [0, 0.05) is 28.5 Å². The van der Waals surface area contributed by atoms with Crippen molar-refractivity contribution in [3.63, 3.8) is 0 Å². The average molecular weight is 385 g/mol. The molecule has 0 saturated carbocycles. The van der Waals surface area contributed by atoms with E-state index in [2.05, 4.69) is 20.6 Å². The number of ether oxygens (including phenoxy) is 2. The summed E-state index contributed by atoms with van der Waals surface area (Å²) in [6.07, 6.45) is 0. The van der Waals surface area contributed by atoms with Gasteiger partial charge < -0.3 is 20.1 Å². The third-order valence-corrected chi connectivity index (χ3v) is 4.21. The Hall–Kier alpha value is -2.99. The molecule has 140 valence electrons. The second kappa shape index (κ2) is 8.14. The van der Waals surface area contributed by atoms with Gasteiger partial charge in [0.15, 0.2) is 0 Å². The van der Waals surface area contributed by atoms with E-state index in [0.29, 0.717) is 22.5 Å². The van der Waals surface area contributed by atoms with Crippen LogP contribution in [0.5, 0.6) is 11.5 Å². The Bertz CT molecular complexity index is 963. The van der Waals surface area contributed by atoms with Crippen molar-refractivity contribution in [2.45, 2.75) is 13.8 Å². The van der Waals surface area contributed by atoms with Crippen LogP contribution in [0, 0.1) is 13.8 Å². The van der Waals surface area contributed by atoms with E-state index < -0.39 is 0 Å². The van der Waals surface area contributed by atoms with Crippen molar-refractivity contribution in [3.8, 4) is 11.5 Å². The summed E-state index contributed by atoms with van der Waals surface area (Å²) in [5.74, 6) is 2.50. The predicted molar refractivity (Wildman–Crippen MR) is 109 cm³/mol. The SMILES string of the molecule is COc1ccc(Nc2cc(C)nc(Nc3cc(Cl)ccc3C)n2)c(OC)c1. The van der Waals surface area contributed by atoms with Crippen LogP contribution in [0.15, 0.2) is 42.5 Å². The Morgan fingerprint density at radius 2 is 1.67 bits per heavy atom. The molecule has 6 nitrogen and oxygen atoms in total. The number of nitrogens with one attached hydrogen (secondary N) is 2. The van der Waals surface area contributed by atoms with E-state index in [4.69, 9.17) is 21.1 Å². The summed E-state index contributed by atoms with van der Waals surface area (Å²) in [6.45, 7) is 3.91. The van der Waals surface area contributed by atoms with Crippen molar-refractivity contribution in [2.75, 3.05) is 24.9 Å². The molecule has 0 aliphatic carbocycles. The Morgan fingerprint density at radius 3 is 2.41 bits per heavy atom. The summed E-state index contributed by atoms with van der Waals surface area (Å²) >= 11 is 6.09. The number of nitrogens with zero attached hydrogens (tertiary/aromatic N) is 2. The second-order valence-corrected chi connectivity index (χ2v) is 6.43. The van der Waals surface area contributed by atoms with Gasteiger partial charge in [-0.15, -0.1) is 0 Å². The highest BCUT2D eigenvalue weighted by Crippen LogP contribution is 2.31. The maximum absolute atomic E-state index is 6.09. The maximum atomic E-state index is 6.09. The van der Waals surface area contributed by atoms with E-state index in [1.807, 2.05) is 56.3 Å². The monoisotopic (exact) mass is 384 g/mol. The van der Waals surface area contributed by atoms with E-state index in [-0.39, 0.29) is 0 Å². The molecule has 0 saturated heterocycles. The number of rotatable bonds is 6. The van der Waals surface area contributed by atoms with Crippen LogP contribution in [0.2, 0.25) is 5.02 Å². The van der Waals surface area contributed by atoms with Gasteiger partial charge in [-0.1, -0.05) is 17.7 Å². The Labute approximate surface area is 163 Å². The van der Waals surface area contributed by atoms with Gasteiger partial charge in [-0.3, -0.25) is 0 Å². The van der Waals surface area contributed by atoms with Crippen molar-refractivity contribution in [1.29, 1.82) is 0 Å². The quantitative estimate of drug-likeness (QED) is 0.604. The van der Waals surface area contributed by atoms with Gasteiger partial charge in [0.1, 0.15) is 17.3 Å². The van der Waals surface area contributed by atoms with Crippen molar-refractivity contribution < 1.29 is 9.47 Å². The van der Waals surface area contributed by atoms with E-state index in [0.717, 1.165) is 28.4 Å². The lowest BCUT2D eigenvalue weighted by Crippen LogP contribution is -2.04. The number of hydrogen-bond donors (Lipinski definition) is 2. The molecule has 0 fully saturated rings. The molecule has 2 aromatic carbocycles. The zero-order chi connectivity index (χ0) is 19.4. The molecule has 1 aromatic heterocycles. The molecular weight excluding hydrogens is 364 g/mol. The summed E-state index contributed by atoms with van der Waals surface area (Å²) in [7, 11) is 3.23. The Kier molecular flexibility index (Phi) is 5.66. The third-order valence-electron chi connectivity index (χ3n) is 3.97. The summed E-state index contributed by atoms with van der Waals surface area (Å²) in [5.41, 5.74) is 3.51. The lowest BCUT2D eigenvalue weighted by molar-refractivity contribution is 0.395. The van der Waals surface area contributed by atoms with E-state index >= 15 is 0 Å². The molecule has 0 spiro atoms. The minimum atomic E-state index is 0.482. The smallest absolute Gasteiger partial charge is 0.229 e. The van der Waals surface area contributed by atoms with E-state index in [9.17, 15) is 0 Å². The van der Waals surface area contributed by atoms with Crippen LogP contribution in [0.1, 0.15) is 11.3 Å². The molecule has 7 heteroatoms. The molecule has 0 aliphatic rings. The highest BCUT2D eigenvalue weighted by atomic mass is 35.5. The van der Waals surface area contributed by atoms with Gasteiger partial charge in [0.2, 0.25) is 5.95 Å². The van der Waals surface area contributed by atoms with Crippen molar-refractivity contribution >= 4 is 34.7 Å². The average Bonchev–Trinajstić information content (AvgIpc) is 2.64. The molecular formula is C20H21ClN4O2. The van der Waals surface area contributed by atoms with Gasteiger partial charge >= 0.3 is 0 Å². The molecule has 0 radical (unpaired) electrons. The van der Waals surface area contributed by atoms with Crippen molar-refractivity contribution in [2.24, 2.45) is 0 Å². The number of benzene rings is 2. The first kappa shape index (κ1) is 18.8. The number of aromatic nitrogens is 2. The van der Waals surface area contributed by atoms with Gasteiger partial charge in [-0.05, 0) is 43.7 Å². The van der Waals surface area contributed by atoms with Crippen LogP contribution in [-0.2, 0) is 0 Å². The summed E-state index contributed by atoms with van der Waals surface area (Å²) in [6, 6.07) is 13.0. The fourth-order valence-corrected chi connectivity index (χ4v) is 2.75. The maximum Gasteiger partial charge on any atom is 0.229 e. The molecule has 0 bridgehead atoms. The molecule has 3 rings (SSSR count). The number of anilines is 4. The zero-order valence-corrected chi connectivity index (χ0v) is 16.4. The van der Waals surface area contributed by atoms with Gasteiger partial charge in [-0.25, -0.2) is 4.98 Å². The first-order chi connectivity index (χ1) is 13.0. The predicted octanol–water partition coefficient (Wildman–Crippen LogP) is 5.25. The molecule has 1 heterocycles.